The van der Waals surface area contributed by atoms with Crippen molar-refractivity contribution in [3.8, 4) is 5.88 Å². The van der Waals surface area contributed by atoms with Crippen LogP contribution in [0.5, 0.6) is 5.88 Å². The molecule has 0 aliphatic carbocycles. The number of nitrogens with one attached hydrogen (secondary N) is 2. The molecule has 1 aliphatic rings. The number of allylic oxidation sites excluding steroid dienone is 1. The van der Waals surface area contributed by atoms with Crippen molar-refractivity contribution in [2.24, 2.45) is 4.99 Å². The van der Waals surface area contributed by atoms with Crippen LogP contribution in [0.25, 0.3) is 11.6 Å². The molecule has 4 rings (SSSR count). The molecule has 6 heteroatoms. The zero-order valence-corrected chi connectivity index (χ0v) is 14.7. The maximum absolute atomic E-state index is 12.3. The summed E-state index contributed by atoms with van der Waals surface area (Å²) in [6.45, 7) is 2.00. The molecule has 0 radical (unpaired) electrons. The summed E-state index contributed by atoms with van der Waals surface area (Å²) in [4.78, 5) is 22.1. The first-order valence-corrected chi connectivity index (χ1v) is 8.46. The topological polar surface area (TPSA) is 81.2 Å². The number of H-pyrrole nitrogens is 2. The average molecular weight is 361 g/mol. The lowest BCUT2D eigenvalue weighted by atomic mass is 9.95. The van der Waals surface area contributed by atoms with E-state index in [0.29, 0.717) is 0 Å². The fourth-order valence-electron chi connectivity index (χ4n) is 3.00. The number of nitrogens with zero attached hydrogens (tertiary/aromatic N) is 1. The Bertz CT molecular complexity index is 1190. The molecular formula is C20H15N3O2S. The number of hydrogen-bond acceptors (Lipinski definition) is 4. The van der Waals surface area contributed by atoms with E-state index in [1.807, 2.05) is 55.5 Å². The van der Waals surface area contributed by atoms with E-state index in [1.165, 1.54) is 0 Å². The van der Waals surface area contributed by atoms with Gasteiger partial charge in [0.15, 0.2) is 4.77 Å². The monoisotopic (exact) mass is 361 g/mol. The first-order valence-electron chi connectivity index (χ1n) is 8.06. The van der Waals surface area contributed by atoms with Crippen LogP contribution in [0.2, 0.25) is 0 Å². The fraction of sp³-hybridized carbons (Fsp3) is 0.0500. The van der Waals surface area contributed by atoms with E-state index in [9.17, 15) is 9.90 Å². The van der Waals surface area contributed by atoms with Crippen LogP contribution in [0, 0.1) is 11.7 Å². The van der Waals surface area contributed by atoms with Crippen LogP contribution < -0.4 is 5.56 Å². The molecule has 2 aromatic carbocycles. The molecule has 1 aromatic heterocycles. The lowest BCUT2D eigenvalue weighted by Gasteiger charge is -2.07. The Morgan fingerprint density at radius 3 is 2.62 bits per heavy atom. The Balaban J connectivity index is 1.98. The molecule has 128 valence electrons. The van der Waals surface area contributed by atoms with Gasteiger partial charge in [-0.2, -0.15) is 0 Å². The molecule has 0 bridgehead atoms. The normalized spacial score (nSPS) is 14.3. The fourth-order valence-corrected chi connectivity index (χ4v) is 3.19. The lowest BCUT2D eigenvalue weighted by Crippen LogP contribution is -2.12. The Hall–Kier alpha value is -3.25. The second-order valence-electron chi connectivity index (χ2n) is 6.08. The van der Waals surface area contributed by atoms with E-state index in [0.717, 1.165) is 33.7 Å². The van der Waals surface area contributed by atoms with Gasteiger partial charge in [0.25, 0.3) is 5.56 Å². The molecule has 3 N–H and O–H groups in total. The number of aromatic nitrogens is 2. The molecule has 5 nitrogen and oxygen atoms in total. The first kappa shape index (κ1) is 16.2. The summed E-state index contributed by atoms with van der Waals surface area (Å²) >= 11 is 4.89. The van der Waals surface area contributed by atoms with Gasteiger partial charge in [-0.25, -0.2) is 4.99 Å². The largest absolute Gasteiger partial charge is 0.494 e. The number of hydrogen-bond donors (Lipinski definition) is 3. The first-order chi connectivity index (χ1) is 12.5. The van der Waals surface area contributed by atoms with Crippen LogP contribution in [0.4, 0.5) is 5.69 Å². The minimum absolute atomic E-state index is 0.0780. The lowest BCUT2D eigenvalue weighted by molar-refractivity contribution is 0.448. The summed E-state index contributed by atoms with van der Waals surface area (Å²) in [5.74, 6) is -0.264. The number of fused-ring (bicyclic) bond motifs is 1. The average Bonchev–Trinajstić information content (AvgIpc) is 2.96. The van der Waals surface area contributed by atoms with E-state index < -0.39 is 5.56 Å². The molecule has 0 spiro atoms. The van der Waals surface area contributed by atoms with Crippen molar-refractivity contribution in [2.45, 2.75) is 6.92 Å². The van der Waals surface area contributed by atoms with Gasteiger partial charge in [0.2, 0.25) is 5.88 Å². The van der Waals surface area contributed by atoms with Crippen LogP contribution in [0.1, 0.15) is 22.3 Å². The van der Waals surface area contributed by atoms with Crippen LogP contribution in [0.3, 0.4) is 0 Å². The third kappa shape index (κ3) is 2.80. The predicted molar refractivity (Wildman–Crippen MR) is 106 cm³/mol. The molecule has 0 atom stereocenters. The van der Waals surface area contributed by atoms with Crippen LogP contribution >= 0.6 is 12.2 Å². The smallest absolute Gasteiger partial charge is 0.262 e. The van der Waals surface area contributed by atoms with Gasteiger partial charge in [0.05, 0.1) is 11.4 Å². The summed E-state index contributed by atoms with van der Waals surface area (Å²) < 4.78 is 0.0780. The van der Waals surface area contributed by atoms with Crippen molar-refractivity contribution in [3.63, 3.8) is 0 Å². The molecule has 26 heavy (non-hydrogen) atoms. The highest BCUT2D eigenvalue weighted by atomic mass is 32.1. The van der Waals surface area contributed by atoms with Gasteiger partial charge in [0, 0.05) is 16.7 Å². The highest BCUT2D eigenvalue weighted by molar-refractivity contribution is 7.71. The minimum atomic E-state index is -0.452. The minimum Gasteiger partial charge on any atom is -0.494 e. The highest BCUT2D eigenvalue weighted by Gasteiger charge is 2.23. The van der Waals surface area contributed by atoms with Crippen molar-refractivity contribution in [2.75, 3.05) is 0 Å². The maximum Gasteiger partial charge on any atom is 0.262 e. The van der Waals surface area contributed by atoms with E-state index >= 15 is 0 Å². The van der Waals surface area contributed by atoms with Gasteiger partial charge in [-0.3, -0.25) is 9.78 Å². The Labute approximate surface area is 154 Å². The summed E-state index contributed by atoms with van der Waals surface area (Å²) in [5.41, 5.74) is 4.98. The Morgan fingerprint density at radius 1 is 1.12 bits per heavy atom. The number of aryl methyl sites for hydroxylation is 1. The van der Waals surface area contributed by atoms with Gasteiger partial charge in [-0.15, -0.1) is 0 Å². The van der Waals surface area contributed by atoms with E-state index in [2.05, 4.69) is 9.97 Å². The number of rotatable bonds is 2. The van der Waals surface area contributed by atoms with E-state index in [4.69, 9.17) is 17.2 Å². The van der Waals surface area contributed by atoms with Gasteiger partial charge in [0.1, 0.15) is 5.56 Å². The van der Waals surface area contributed by atoms with Crippen LogP contribution in [0.15, 0.2) is 58.3 Å². The van der Waals surface area contributed by atoms with E-state index in [-0.39, 0.29) is 16.2 Å². The summed E-state index contributed by atoms with van der Waals surface area (Å²) in [5, 5.41) is 10.2. The van der Waals surface area contributed by atoms with E-state index in [1.54, 1.807) is 6.08 Å². The molecule has 0 amide bonds. The molecular weight excluding hydrogens is 346 g/mol. The second-order valence-corrected chi connectivity index (χ2v) is 6.48. The summed E-state index contributed by atoms with van der Waals surface area (Å²) in [6, 6.07) is 15.7. The number of aromatic amines is 2. The number of benzene rings is 2. The zero-order chi connectivity index (χ0) is 18.3. The summed E-state index contributed by atoms with van der Waals surface area (Å²) in [6.07, 6.45) is 1.65. The quantitative estimate of drug-likeness (QED) is 0.601. The number of aliphatic imine (C=N–C) groups is 1. The van der Waals surface area contributed by atoms with Gasteiger partial charge < -0.3 is 10.1 Å². The summed E-state index contributed by atoms with van der Waals surface area (Å²) in [7, 11) is 0. The standard InChI is InChI=1S/C20H15N3O2S/c1-11-7-8-16-13(9-11)14(17(21-16)12-5-3-2-4-6-12)10-15-18(24)22-20(26)23-19(15)25/h2-10H,1H3,(H3,22,23,24,25,26)/b14-10+. The van der Waals surface area contributed by atoms with Crippen molar-refractivity contribution < 1.29 is 5.11 Å². The van der Waals surface area contributed by atoms with Crippen LogP contribution in [-0.4, -0.2) is 20.8 Å². The van der Waals surface area contributed by atoms with Crippen molar-refractivity contribution in [1.82, 2.24) is 9.97 Å². The Kier molecular flexibility index (Phi) is 3.89. The highest BCUT2D eigenvalue weighted by Crippen LogP contribution is 2.38. The zero-order valence-electron chi connectivity index (χ0n) is 13.9. The Morgan fingerprint density at radius 2 is 1.88 bits per heavy atom. The maximum atomic E-state index is 12.3. The van der Waals surface area contributed by atoms with Gasteiger partial charge >= 0.3 is 0 Å². The molecule has 0 unspecified atom stereocenters. The molecule has 2 heterocycles. The van der Waals surface area contributed by atoms with Crippen molar-refractivity contribution >= 4 is 35.3 Å². The van der Waals surface area contributed by atoms with Crippen molar-refractivity contribution in [3.05, 3.63) is 85.9 Å². The molecule has 0 saturated heterocycles. The molecule has 3 aromatic rings. The number of aromatic hydroxyl groups is 1. The third-order valence-electron chi connectivity index (χ3n) is 4.22. The third-order valence-corrected chi connectivity index (χ3v) is 4.43. The SMILES string of the molecule is Cc1ccc2c(c1)/C(=C\c1c(O)[nH]c(=S)[nH]c1=O)C(c1ccccc1)=N2. The van der Waals surface area contributed by atoms with Crippen molar-refractivity contribution in [1.29, 1.82) is 0 Å². The van der Waals surface area contributed by atoms with Gasteiger partial charge in [-0.05, 0) is 37.4 Å². The molecule has 1 aliphatic heterocycles. The van der Waals surface area contributed by atoms with Gasteiger partial charge in [-0.1, -0.05) is 42.0 Å². The predicted octanol–water partition coefficient (Wildman–Crippen LogP) is 4.12. The second kappa shape index (κ2) is 6.24. The van der Waals surface area contributed by atoms with Crippen LogP contribution in [-0.2, 0) is 0 Å². The molecule has 0 fully saturated rings. The molecule has 0 saturated carbocycles.